The fraction of sp³-hybridized carbons (Fsp3) is 0.526. The number of likely N-dealkylation sites (tertiary alicyclic amines) is 1. The first-order chi connectivity index (χ1) is 12.0. The molecule has 3 rings (SSSR count). The fourth-order valence-corrected chi connectivity index (χ4v) is 3.74. The summed E-state index contributed by atoms with van der Waals surface area (Å²) in [5, 5.41) is 4.85. The van der Waals surface area contributed by atoms with Crippen LogP contribution in [-0.4, -0.2) is 58.7 Å². The standard InChI is InChI=1S/C19H26N4O2/c1-4-14-12-22(13-17(14)21(2)3)19(25)9-10-23-16-8-6-5-7-15(16)18(24)11-20-23/h5-8,11,14,17H,4,9-10,12-13H2,1-3H3/t14-,17+/m0/s1. The zero-order valence-electron chi connectivity index (χ0n) is 15.2. The van der Waals surface area contributed by atoms with E-state index in [0.717, 1.165) is 25.0 Å². The van der Waals surface area contributed by atoms with Crippen molar-refractivity contribution in [3.63, 3.8) is 0 Å². The number of fused-ring (bicyclic) bond motifs is 1. The molecule has 2 heterocycles. The lowest BCUT2D eigenvalue weighted by Crippen LogP contribution is -2.36. The van der Waals surface area contributed by atoms with E-state index in [1.54, 1.807) is 10.7 Å². The van der Waals surface area contributed by atoms with Gasteiger partial charge in [0.1, 0.15) is 0 Å². The minimum Gasteiger partial charge on any atom is -0.341 e. The third-order valence-electron chi connectivity index (χ3n) is 5.25. The Balaban J connectivity index is 1.69. The van der Waals surface area contributed by atoms with Crippen LogP contribution >= 0.6 is 0 Å². The van der Waals surface area contributed by atoms with Crippen LogP contribution in [0.4, 0.5) is 0 Å². The molecule has 0 bridgehead atoms. The predicted molar refractivity (Wildman–Crippen MR) is 98.5 cm³/mol. The molecule has 1 aliphatic heterocycles. The van der Waals surface area contributed by atoms with Gasteiger partial charge in [-0.25, -0.2) is 0 Å². The van der Waals surface area contributed by atoms with Gasteiger partial charge in [0.25, 0.3) is 0 Å². The number of benzene rings is 1. The number of hydrogen-bond donors (Lipinski definition) is 0. The number of carbonyl (C=O) groups excluding carboxylic acids is 1. The van der Waals surface area contributed by atoms with E-state index in [-0.39, 0.29) is 11.3 Å². The van der Waals surface area contributed by atoms with Crippen LogP contribution in [0, 0.1) is 5.92 Å². The maximum atomic E-state index is 12.7. The lowest BCUT2D eigenvalue weighted by molar-refractivity contribution is -0.130. The van der Waals surface area contributed by atoms with Crippen molar-refractivity contribution in [2.75, 3.05) is 27.2 Å². The second-order valence-electron chi connectivity index (χ2n) is 7.00. The molecular formula is C19H26N4O2. The maximum Gasteiger partial charge on any atom is 0.224 e. The Kier molecular flexibility index (Phi) is 5.18. The van der Waals surface area contributed by atoms with E-state index in [9.17, 15) is 9.59 Å². The summed E-state index contributed by atoms with van der Waals surface area (Å²) in [4.78, 5) is 28.7. The van der Waals surface area contributed by atoms with E-state index in [0.29, 0.717) is 30.3 Å². The molecule has 0 N–H and O–H groups in total. The van der Waals surface area contributed by atoms with Gasteiger partial charge >= 0.3 is 0 Å². The van der Waals surface area contributed by atoms with E-state index >= 15 is 0 Å². The third kappa shape index (κ3) is 3.58. The smallest absolute Gasteiger partial charge is 0.224 e. The molecule has 0 unspecified atom stereocenters. The van der Waals surface area contributed by atoms with Crippen molar-refractivity contribution in [3.05, 3.63) is 40.7 Å². The fourth-order valence-electron chi connectivity index (χ4n) is 3.74. The van der Waals surface area contributed by atoms with Gasteiger partial charge in [0.15, 0.2) is 0 Å². The summed E-state index contributed by atoms with van der Waals surface area (Å²) in [6.45, 7) is 4.30. The molecule has 0 radical (unpaired) electrons. The third-order valence-corrected chi connectivity index (χ3v) is 5.25. The SMILES string of the molecule is CC[C@H]1CN(C(=O)CCn2ncc(=O)c3ccccc32)C[C@H]1N(C)C. The first kappa shape index (κ1) is 17.6. The molecule has 6 nitrogen and oxygen atoms in total. The minimum absolute atomic E-state index is 0.0858. The van der Waals surface area contributed by atoms with Crippen LogP contribution in [0.15, 0.2) is 35.3 Å². The molecule has 1 aromatic carbocycles. The summed E-state index contributed by atoms with van der Waals surface area (Å²) in [6, 6.07) is 7.83. The highest BCUT2D eigenvalue weighted by Crippen LogP contribution is 2.24. The van der Waals surface area contributed by atoms with Gasteiger partial charge in [-0.3, -0.25) is 14.3 Å². The molecule has 1 fully saturated rings. The molecule has 0 saturated carbocycles. The average Bonchev–Trinajstić information content (AvgIpc) is 3.06. The Bertz CT molecular complexity index is 814. The van der Waals surface area contributed by atoms with Crippen molar-refractivity contribution in [1.82, 2.24) is 19.6 Å². The summed E-state index contributed by atoms with van der Waals surface area (Å²) >= 11 is 0. The molecule has 1 amide bonds. The van der Waals surface area contributed by atoms with Gasteiger partial charge in [0, 0.05) is 30.9 Å². The van der Waals surface area contributed by atoms with Crippen molar-refractivity contribution >= 4 is 16.8 Å². The molecule has 1 saturated heterocycles. The number of likely N-dealkylation sites (N-methyl/N-ethyl adjacent to an activating group) is 1. The van der Waals surface area contributed by atoms with Gasteiger partial charge < -0.3 is 9.80 Å². The van der Waals surface area contributed by atoms with Crippen LogP contribution < -0.4 is 5.43 Å². The summed E-state index contributed by atoms with van der Waals surface area (Å²) < 4.78 is 1.76. The highest BCUT2D eigenvalue weighted by atomic mass is 16.2. The summed E-state index contributed by atoms with van der Waals surface area (Å²) in [6.07, 6.45) is 2.81. The topological polar surface area (TPSA) is 58.4 Å². The quantitative estimate of drug-likeness (QED) is 0.828. The molecule has 1 aliphatic rings. The first-order valence-electron chi connectivity index (χ1n) is 8.90. The van der Waals surface area contributed by atoms with E-state index in [1.165, 1.54) is 6.20 Å². The van der Waals surface area contributed by atoms with Gasteiger partial charge in [-0.2, -0.15) is 5.10 Å². The number of aromatic nitrogens is 2. The molecule has 0 spiro atoms. The Morgan fingerprint density at radius 2 is 2.04 bits per heavy atom. The molecular weight excluding hydrogens is 316 g/mol. The Hall–Kier alpha value is -2.21. The summed E-state index contributed by atoms with van der Waals surface area (Å²) in [5.74, 6) is 0.692. The summed E-state index contributed by atoms with van der Waals surface area (Å²) in [7, 11) is 4.16. The van der Waals surface area contributed by atoms with Crippen LogP contribution in [0.5, 0.6) is 0 Å². The normalized spacial score (nSPS) is 20.6. The zero-order chi connectivity index (χ0) is 18.0. The lowest BCUT2D eigenvalue weighted by Gasteiger charge is -2.23. The van der Waals surface area contributed by atoms with E-state index in [1.807, 2.05) is 23.1 Å². The van der Waals surface area contributed by atoms with Gasteiger partial charge in [0.05, 0.1) is 18.3 Å². The monoisotopic (exact) mass is 342 g/mol. The number of carbonyl (C=O) groups is 1. The van der Waals surface area contributed by atoms with Crippen LogP contribution in [0.1, 0.15) is 19.8 Å². The van der Waals surface area contributed by atoms with E-state index in [2.05, 4.69) is 31.0 Å². The van der Waals surface area contributed by atoms with Gasteiger partial charge in [-0.15, -0.1) is 0 Å². The maximum absolute atomic E-state index is 12.7. The van der Waals surface area contributed by atoms with Gasteiger partial charge in [-0.1, -0.05) is 25.5 Å². The molecule has 0 aliphatic carbocycles. The first-order valence-corrected chi connectivity index (χ1v) is 8.90. The van der Waals surface area contributed by atoms with E-state index < -0.39 is 0 Å². The summed E-state index contributed by atoms with van der Waals surface area (Å²) in [5.41, 5.74) is 0.694. The van der Waals surface area contributed by atoms with Crippen molar-refractivity contribution in [2.24, 2.45) is 5.92 Å². The van der Waals surface area contributed by atoms with Crippen LogP contribution in [0.2, 0.25) is 0 Å². The van der Waals surface area contributed by atoms with Gasteiger partial charge in [0.2, 0.25) is 11.3 Å². The second kappa shape index (κ2) is 7.35. The van der Waals surface area contributed by atoms with Crippen molar-refractivity contribution < 1.29 is 4.79 Å². The van der Waals surface area contributed by atoms with Crippen molar-refractivity contribution in [2.45, 2.75) is 32.4 Å². The largest absolute Gasteiger partial charge is 0.341 e. The Labute approximate surface area is 148 Å². The van der Waals surface area contributed by atoms with Crippen LogP contribution in [0.25, 0.3) is 10.9 Å². The molecule has 1 aromatic heterocycles. The predicted octanol–water partition coefficient (Wildman–Crippen LogP) is 1.59. The number of hydrogen-bond acceptors (Lipinski definition) is 4. The van der Waals surface area contributed by atoms with Gasteiger partial charge in [-0.05, 0) is 32.1 Å². The average molecular weight is 342 g/mol. The van der Waals surface area contributed by atoms with Crippen LogP contribution in [-0.2, 0) is 11.3 Å². The zero-order valence-corrected chi connectivity index (χ0v) is 15.2. The number of aryl methyl sites for hydroxylation is 1. The second-order valence-corrected chi connectivity index (χ2v) is 7.00. The lowest BCUT2D eigenvalue weighted by atomic mass is 10.0. The molecule has 2 atom stereocenters. The van der Waals surface area contributed by atoms with Crippen molar-refractivity contribution in [1.29, 1.82) is 0 Å². The minimum atomic E-state index is -0.0858. The highest BCUT2D eigenvalue weighted by Gasteiger charge is 2.34. The Morgan fingerprint density at radius 1 is 1.28 bits per heavy atom. The number of amides is 1. The molecule has 134 valence electrons. The Morgan fingerprint density at radius 3 is 2.72 bits per heavy atom. The molecule has 2 aromatic rings. The molecule has 6 heteroatoms. The van der Waals surface area contributed by atoms with Crippen molar-refractivity contribution in [3.8, 4) is 0 Å². The number of rotatable bonds is 5. The number of para-hydroxylation sites is 1. The number of nitrogens with zero attached hydrogens (tertiary/aromatic N) is 4. The molecule has 25 heavy (non-hydrogen) atoms. The van der Waals surface area contributed by atoms with Crippen LogP contribution in [0.3, 0.4) is 0 Å². The van der Waals surface area contributed by atoms with E-state index in [4.69, 9.17) is 0 Å². The highest BCUT2D eigenvalue weighted by molar-refractivity contribution is 5.79.